The van der Waals surface area contributed by atoms with Gasteiger partial charge in [0.05, 0.1) is 30.1 Å². The van der Waals surface area contributed by atoms with E-state index < -0.39 is 0 Å². The van der Waals surface area contributed by atoms with Crippen molar-refractivity contribution in [2.24, 2.45) is 5.92 Å². The number of methoxy groups -OCH3 is 1. The van der Waals surface area contributed by atoms with Gasteiger partial charge in [-0.3, -0.25) is 9.59 Å². The quantitative estimate of drug-likeness (QED) is 0.857. The average molecular weight is 382 g/mol. The number of anilines is 1. The second-order valence-electron chi connectivity index (χ2n) is 7.23. The molecule has 1 unspecified atom stereocenters. The molecule has 7 heteroatoms. The van der Waals surface area contributed by atoms with Crippen LogP contribution in [0.15, 0.2) is 30.5 Å². The van der Waals surface area contributed by atoms with E-state index >= 15 is 0 Å². The number of hydrogen-bond donors (Lipinski definition) is 1. The van der Waals surface area contributed by atoms with Gasteiger partial charge in [0.25, 0.3) is 5.91 Å². The molecule has 2 heterocycles. The van der Waals surface area contributed by atoms with E-state index in [-0.39, 0.29) is 23.8 Å². The first-order valence-corrected chi connectivity index (χ1v) is 9.50. The number of carbonyl (C=O) groups is 2. The predicted octanol–water partition coefficient (Wildman–Crippen LogP) is 3.37. The van der Waals surface area contributed by atoms with E-state index in [2.05, 4.69) is 15.3 Å². The van der Waals surface area contributed by atoms with Gasteiger partial charge >= 0.3 is 0 Å². The molecule has 1 aliphatic rings. The van der Waals surface area contributed by atoms with Crippen LogP contribution in [0.5, 0.6) is 5.75 Å². The van der Waals surface area contributed by atoms with Gasteiger partial charge in [-0.25, -0.2) is 9.97 Å². The van der Waals surface area contributed by atoms with Crippen LogP contribution in [0.4, 0.5) is 5.69 Å². The molecule has 28 heavy (non-hydrogen) atoms. The number of aromatic nitrogens is 2. The molecule has 7 nitrogen and oxygen atoms in total. The van der Waals surface area contributed by atoms with Gasteiger partial charge in [0, 0.05) is 18.7 Å². The Morgan fingerprint density at radius 3 is 2.71 bits per heavy atom. The number of carbonyl (C=O) groups excluding carboxylic acids is 2. The van der Waals surface area contributed by atoms with Crippen molar-refractivity contribution < 1.29 is 14.3 Å². The zero-order chi connectivity index (χ0) is 20.3. The summed E-state index contributed by atoms with van der Waals surface area (Å²) in [5.41, 5.74) is 1.57. The number of amides is 2. The van der Waals surface area contributed by atoms with Crippen LogP contribution < -0.4 is 10.1 Å². The Morgan fingerprint density at radius 1 is 1.29 bits per heavy atom. The van der Waals surface area contributed by atoms with Gasteiger partial charge in [0.2, 0.25) is 5.91 Å². The Hall–Kier alpha value is -2.96. The third-order valence-electron chi connectivity index (χ3n) is 4.93. The zero-order valence-electron chi connectivity index (χ0n) is 16.7. The predicted molar refractivity (Wildman–Crippen MR) is 106 cm³/mol. The first-order chi connectivity index (χ1) is 13.4. The number of nitrogens with one attached hydrogen (secondary N) is 1. The number of hydrogen-bond acceptors (Lipinski definition) is 5. The Kier molecular flexibility index (Phi) is 5.92. The van der Waals surface area contributed by atoms with Crippen LogP contribution in [-0.4, -0.2) is 40.3 Å². The van der Waals surface area contributed by atoms with E-state index in [4.69, 9.17) is 4.74 Å². The average Bonchev–Trinajstić information content (AvgIpc) is 3.17. The first-order valence-electron chi connectivity index (χ1n) is 9.50. The second-order valence-corrected chi connectivity index (χ2v) is 7.23. The zero-order valence-corrected chi connectivity index (χ0v) is 16.7. The van der Waals surface area contributed by atoms with Gasteiger partial charge in [-0.1, -0.05) is 26.0 Å². The minimum absolute atomic E-state index is 0.0624. The summed E-state index contributed by atoms with van der Waals surface area (Å²) in [5.74, 6) is 0.933. The maximum atomic E-state index is 12.7. The Balaban J connectivity index is 1.80. The lowest BCUT2D eigenvalue weighted by Gasteiger charge is -2.25. The van der Waals surface area contributed by atoms with Gasteiger partial charge in [-0.15, -0.1) is 0 Å². The fourth-order valence-corrected chi connectivity index (χ4v) is 3.44. The van der Waals surface area contributed by atoms with Crippen molar-refractivity contribution in [2.75, 3.05) is 19.0 Å². The molecule has 2 amide bonds. The van der Waals surface area contributed by atoms with Crippen molar-refractivity contribution in [3.63, 3.8) is 0 Å². The van der Waals surface area contributed by atoms with Crippen LogP contribution in [0.25, 0.3) is 0 Å². The molecule has 0 aliphatic carbocycles. The Morgan fingerprint density at radius 2 is 2.04 bits per heavy atom. The molecule has 1 atom stereocenters. The van der Waals surface area contributed by atoms with Crippen LogP contribution >= 0.6 is 0 Å². The van der Waals surface area contributed by atoms with Gasteiger partial charge in [0.15, 0.2) is 5.82 Å². The number of para-hydroxylation sites is 2. The molecule has 0 bridgehead atoms. The van der Waals surface area contributed by atoms with Crippen LogP contribution in [0.2, 0.25) is 0 Å². The van der Waals surface area contributed by atoms with Gasteiger partial charge in [-0.05, 0) is 31.9 Å². The van der Waals surface area contributed by atoms with E-state index in [1.165, 1.54) is 0 Å². The smallest absolute Gasteiger partial charge is 0.259 e. The monoisotopic (exact) mass is 382 g/mol. The molecule has 1 aliphatic heterocycles. The highest BCUT2D eigenvalue weighted by Gasteiger charge is 2.33. The number of ether oxygens (including phenoxy) is 1. The number of likely N-dealkylation sites (tertiary alicyclic amines) is 1. The highest BCUT2D eigenvalue weighted by atomic mass is 16.5. The van der Waals surface area contributed by atoms with Crippen LogP contribution in [-0.2, 0) is 4.79 Å². The standard InChI is InChI=1S/C21H26N4O3/c1-13(2)21(27)25-11-7-9-17(25)19-22-12-15(14(3)23-19)20(26)24-16-8-5-6-10-18(16)28-4/h5-6,8,10,12-13,17H,7,9,11H2,1-4H3,(H,24,26). The lowest BCUT2D eigenvalue weighted by Crippen LogP contribution is -2.34. The van der Waals surface area contributed by atoms with Crippen molar-refractivity contribution in [2.45, 2.75) is 39.7 Å². The highest BCUT2D eigenvalue weighted by Crippen LogP contribution is 2.31. The number of rotatable bonds is 5. The van der Waals surface area contributed by atoms with E-state index in [0.29, 0.717) is 28.5 Å². The van der Waals surface area contributed by atoms with E-state index in [9.17, 15) is 9.59 Å². The minimum atomic E-state index is -0.296. The van der Waals surface area contributed by atoms with E-state index in [1.54, 1.807) is 32.4 Å². The lowest BCUT2D eigenvalue weighted by atomic mass is 10.1. The molecule has 2 aromatic rings. The maximum absolute atomic E-state index is 12.7. The largest absolute Gasteiger partial charge is 0.495 e. The Bertz CT molecular complexity index is 882. The summed E-state index contributed by atoms with van der Waals surface area (Å²) >= 11 is 0. The molecule has 148 valence electrons. The molecule has 1 saturated heterocycles. The fraction of sp³-hybridized carbons (Fsp3) is 0.429. The van der Waals surface area contributed by atoms with Crippen LogP contribution in [0, 0.1) is 12.8 Å². The SMILES string of the molecule is COc1ccccc1NC(=O)c1cnc(C2CCCN2C(=O)C(C)C)nc1C. The first kappa shape index (κ1) is 19.8. The molecule has 0 radical (unpaired) electrons. The third kappa shape index (κ3) is 3.98. The van der Waals surface area contributed by atoms with Crippen LogP contribution in [0.3, 0.4) is 0 Å². The third-order valence-corrected chi connectivity index (χ3v) is 4.93. The Labute approximate surface area is 165 Å². The topological polar surface area (TPSA) is 84.4 Å². The molecule has 3 rings (SSSR count). The van der Waals surface area contributed by atoms with Crippen molar-refractivity contribution in [1.82, 2.24) is 14.9 Å². The minimum Gasteiger partial charge on any atom is -0.495 e. The summed E-state index contributed by atoms with van der Waals surface area (Å²) in [4.78, 5) is 36.0. The van der Waals surface area contributed by atoms with E-state index in [0.717, 1.165) is 19.4 Å². The molecule has 1 fully saturated rings. The molecule has 1 aromatic heterocycles. The molecule has 0 saturated carbocycles. The maximum Gasteiger partial charge on any atom is 0.259 e. The van der Waals surface area contributed by atoms with Crippen LogP contribution in [0.1, 0.15) is 54.6 Å². The van der Waals surface area contributed by atoms with E-state index in [1.807, 2.05) is 30.9 Å². The summed E-state index contributed by atoms with van der Waals surface area (Å²) in [6, 6.07) is 7.09. The number of benzene rings is 1. The summed E-state index contributed by atoms with van der Waals surface area (Å²) in [7, 11) is 1.56. The second kappa shape index (κ2) is 8.37. The summed E-state index contributed by atoms with van der Waals surface area (Å²) in [6.07, 6.45) is 3.31. The van der Waals surface area contributed by atoms with Gasteiger partial charge in [-0.2, -0.15) is 0 Å². The summed E-state index contributed by atoms with van der Waals surface area (Å²) < 4.78 is 5.27. The molecular weight excluding hydrogens is 356 g/mol. The molecule has 1 aromatic carbocycles. The number of nitrogens with zero attached hydrogens (tertiary/aromatic N) is 3. The van der Waals surface area contributed by atoms with Gasteiger partial charge in [0.1, 0.15) is 5.75 Å². The normalized spacial score (nSPS) is 16.3. The molecule has 1 N–H and O–H groups in total. The highest BCUT2D eigenvalue weighted by molar-refractivity contribution is 6.05. The molecule has 0 spiro atoms. The van der Waals surface area contributed by atoms with Gasteiger partial charge < -0.3 is 15.0 Å². The summed E-state index contributed by atoms with van der Waals surface area (Å²) in [6.45, 7) is 6.30. The van der Waals surface area contributed by atoms with Crippen molar-refractivity contribution >= 4 is 17.5 Å². The van der Waals surface area contributed by atoms with Crippen molar-refractivity contribution in [3.8, 4) is 5.75 Å². The number of aryl methyl sites for hydroxylation is 1. The van der Waals surface area contributed by atoms with Crippen molar-refractivity contribution in [1.29, 1.82) is 0 Å². The summed E-state index contributed by atoms with van der Waals surface area (Å²) in [5, 5.41) is 2.84. The van der Waals surface area contributed by atoms with Crippen molar-refractivity contribution in [3.05, 3.63) is 47.5 Å². The lowest BCUT2D eigenvalue weighted by molar-refractivity contribution is -0.135. The fourth-order valence-electron chi connectivity index (χ4n) is 3.44. The molecular formula is C21H26N4O3.